The molecule has 0 saturated carbocycles. The van der Waals surface area contributed by atoms with E-state index in [0.29, 0.717) is 12.8 Å². The summed E-state index contributed by atoms with van der Waals surface area (Å²) >= 11 is 0. The summed E-state index contributed by atoms with van der Waals surface area (Å²) in [6.07, 6.45) is -21.0. The number of allylic oxidation sites excluding steroid dienone is 1. The zero-order valence-electron chi connectivity index (χ0n) is 25.8. The van der Waals surface area contributed by atoms with Gasteiger partial charge >= 0.3 is 0 Å². The zero-order valence-corrected chi connectivity index (χ0v) is 9.82. The first-order valence-electron chi connectivity index (χ1n) is 13.7. The molecule has 0 N–H and O–H groups in total. The molecule has 1 atom stereocenters. The van der Waals surface area contributed by atoms with Crippen LogP contribution in [0.5, 0.6) is 0 Å². The van der Waals surface area contributed by atoms with Crippen molar-refractivity contribution in [3.63, 3.8) is 0 Å². The largest absolute Gasteiger partial charge is 0.103 e. The van der Waals surface area contributed by atoms with Crippen LogP contribution in [0.4, 0.5) is 0 Å². The monoisotopic (exact) mass is 240 g/mol. The Hall–Kier alpha value is -0.260. The quantitative estimate of drug-likeness (QED) is 0.263. The van der Waals surface area contributed by atoms with Gasteiger partial charge in [0, 0.05) is 17.8 Å². The molecule has 0 rings (SSSR count). The first-order chi connectivity index (χ1) is 14.1. The molecule has 96 valence electrons. The minimum atomic E-state index is -4.07. The second-order valence-corrected chi connectivity index (χ2v) is 3.30. The van der Waals surface area contributed by atoms with E-state index in [1.54, 1.807) is 0 Å². The van der Waals surface area contributed by atoms with Gasteiger partial charge in [-0.2, -0.15) is 0 Å². The third-order valence-corrected chi connectivity index (χ3v) is 1.94. The summed E-state index contributed by atoms with van der Waals surface area (Å²) in [5.74, 6) is 0. The minimum absolute atomic E-state index is 0.135. The molecule has 0 aromatic heterocycles. The van der Waals surface area contributed by atoms with Crippen molar-refractivity contribution >= 4 is 0 Å². The number of rotatable bonds is 13. The lowest BCUT2D eigenvalue weighted by Crippen LogP contribution is -1.82. The standard InChI is InChI=1S/C16H32/c1-3-5-7-9-11-13-15-16-14-12-10-8-6-4-2/h3H,1,4-16H2,2H3/i1D2,3D,5D2,7D2,9D2,11D2,13D2,15D2,16D. The average molecular weight is 241 g/mol. The fourth-order valence-corrected chi connectivity index (χ4v) is 1.13. The maximum Gasteiger partial charge on any atom is 0.0570 e. The molecule has 0 aliphatic carbocycles. The summed E-state index contributed by atoms with van der Waals surface area (Å²) in [7, 11) is 0. The first kappa shape index (κ1) is 3.62. The van der Waals surface area contributed by atoms with Crippen molar-refractivity contribution in [3.8, 4) is 0 Å². The third-order valence-electron chi connectivity index (χ3n) is 1.94. The molecule has 0 bridgehead atoms. The van der Waals surface area contributed by atoms with Crippen molar-refractivity contribution in [3.05, 3.63) is 12.6 Å². The highest BCUT2D eigenvalue weighted by atomic mass is 14.0. The van der Waals surface area contributed by atoms with Gasteiger partial charge in [-0.25, -0.2) is 0 Å². The van der Waals surface area contributed by atoms with Crippen LogP contribution in [0, 0.1) is 0 Å². The molecule has 0 heteroatoms. The van der Waals surface area contributed by atoms with Crippen LogP contribution in [0.1, 0.15) is 112 Å². The Morgan fingerprint density at radius 2 is 1.69 bits per heavy atom. The lowest BCUT2D eigenvalue weighted by atomic mass is 10.0. The molecule has 0 aliphatic heterocycles. The van der Waals surface area contributed by atoms with Gasteiger partial charge in [-0.3, -0.25) is 0 Å². The number of hydrogen-bond donors (Lipinski definition) is 0. The van der Waals surface area contributed by atoms with E-state index in [4.69, 9.17) is 21.9 Å². The molecule has 0 nitrogen and oxygen atoms in total. The maximum absolute atomic E-state index is 8.08. The fraction of sp³-hybridized carbons (Fsp3) is 0.875. The molecule has 0 amide bonds. The SMILES string of the molecule is [2H]C([2H])=C([2H])C([2H])([2H])C([2H])([2H])C([2H])([2H])C([2H])([2H])C([2H])([2H])C([2H])([2H])C([2H])CCCCCCC. The summed E-state index contributed by atoms with van der Waals surface area (Å²) in [5, 5.41) is 0. The van der Waals surface area contributed by atoms with Gasteiger partial charge in [-0.15, -0.1) is 6.53 Å². The van der Waals surface area contributed by atoms with Crippen molar-refractivity contribution in [2.24, 2.45) is 0 Å². The lowest BCUT2D eigenvalue weighted by molar-refractivity contribution is 0.545. The van der Waals surface area contributed by atoms with E-state index in [-0.39, 0.29) is 6.42 Å². The first-order valence-corrected chi connectivity index (χ1v) is 5.65. The Morgan fingerprint density at radius 1 is 1.00 bits per heavy atom. The van der Waals surface area contributed by atoms with Gasteiger partial charge in [0.1, 0.15) is 0 Å². The normalized spacial score (nSPS) is 32.3. The van der Waals surface area contributed by atoms with Gasteiger partial charge < -0.3 is 0 Å². The van der Waals surface area contributed by atoms with Crippen LogP contribution < -0.4 is 0 Å². The smallest absolute Gasteiger partial charge is 0.0570 e. The molecule has 0 aromatic carbocycles. The van der Waals surface area contributed by atoms with E-state index >= 15 is 0 Å². The summed E-state index contributed by atoms with van der Waals surface area (Å²) in [4.78, 5) is 0. The van der Waals surface area contributed by atoms with E-state index in [9.17, 15) is 0 Å². The van der Waals surface area contributed by atoms with Crippen LogP contribution in [0.25, 0.3) is 0 Å². The highest BCUT2D eigenvalue weighted by Gasteiger charge is 1.92. The summed E-state index contributed by atoms with van der Waals surface area (Å²) < 4.78 is 125. The van der Waals surface area contributed by atoms with Crippen LogP contribution >= 0.6 is 0 Å². The highest BCUT2D eigenvalue weighted by molar-refractivity contribution is 4.65. The van der Waals surface area contributed by atoms with Gasteiger partial charge in [0.25, 0.3) is 0 Å². The Bertz CT molecular complexity index is 646. The fourth-order valence-electron chi connectivity index (χ4n) is 1.13. The molecule has 0 spiro atoms. The molecule has 1 unspecified atom stereocenters. The van der Waals surface area contributed by atoms with Crippen molar-refractivity contribution < 1.29 is 21.9 Å². The van der Waals surface area contributed by atoms with Crippen molar-refractivity contribution in [2.75, 3.05) is 0 Å². The topological polar surface area (TPSA) is 0 Å². The molecule has 0 saturated heterocycles. The van der Waals surface area contributed by atoms with Crippen molar-refractivity contribution in [1.82, 2.24) is 0 Å². The minimum Gasteiger partial charge on any atom is -0.103 e. The predicted octanol–water partition coefficient (Wildman–Crippen LogP) is 6.26. The Balaban J connectivity index is 6.13. The number of hydrogen-bond acceptors (Lipinski definition) is 0. The van der Waals surface area contributed by atoms with Gasteiger partial charge in [0.2, 0.25) is 0 Å². The molecule has 16 heavy (non-hydrogen) atoms. The Morgan fingerprint density at radius 3 is 2.50 bits per heavy atom. The Kier molecular flexibility index (Phi) is 3.33. The second-order valence-electron chi connectivity index (χ2n) is 3.30. The summed E-state index contributed by atoms with van der Waals surface area (Å²) in [6.45, 7) is 0.522. The molecule has 0 aromatic rings. The predicted molar refractivity (Wildman–Crippen MR) is 75.9 cm³/mol. The Labute approximate surface area is 126 Å². The summed E-state index contributed by atoms with van der Waals surface area (Å²) in [6, 6.07) is -1.57. The number of unbranched alkanes of at least 4 members (excludes halogenated alkanes) is 4. The van der Waals surface area contributed by atoms with Crippen LogP contribution in [-0.2, 0) is 0 Å². The van der Waals surface area contributed by atoms with Crippen LogP contribution in [0.15, 0.2) is 12.6 Å². The lowest BCUT2D eigenvalue weighted by Gasteiger charge is -2.02. The van der Waals surface area contributed by atoms with Crippen LogP contribution in [0.2, 0.25) is 0 Å². The molecule has 0 fully saturated rings. The second kappa shape index (κ2) is 14.7. The van der Waals surface area contributed by atoms with E-state index in [1.165, 1.54) is 0 Å². The summed E-state index contributed by atoms with van der Waals surface area (Å²) in [5.41, 5.74) is 0. The molecule has 0 radical (unpaired) electrons. The van der Waals surface area contributed by atoms with Crippen LogP contribution in [0.3, 0.4) is 0 Å². The van der Waals surface area contributed by atoms with Gasteiger partial charge in [-0.1, -0.05) is 83.4 Å². The molecule has 0 aliphatic rings. The van der Waals surface area contributed by atoms with Gasteiger partial charge in [0.05, 0.1) is 4.11 Å². The average Bonchev–Trinajstić information content (AvgIpc) is 2.65. The van der Waals surface area contributed by atoms with E-state index < -0.39 is 57.2 Å². The third kappa shape index (κ3) is 13.7. The molecular weight excluding hydrogens is 192 g/mol. The van der Waals surface area contributed by atoms with E-state index in [1.807, 2.05) is 6.92 Å². The highest BCUT2D eigenvalue weighted by Crippen LogP contribution is 2.12. The van der Waals surface area contributed by atoms with Gasteiger partial charge in [0.15, 0.2) is 0 Å². The van der Waals surface area contributed by atoms with Crippen molar-refractivity contribution in [1.29, 1.82) is 0 Å². The van der Waals surface area contributed by atoms with E-state index in [2.05, 4.69) is 0 Å². The zero-order chi connectivity index (χ0) is 26.0. The van der Waals surface area contributed by atoms with E-state index in [0.717, 1.165) is 19.3 Å². The van der Waals surface area contributed by atoms with Crippen molar-refractivity contribution in [2.45, 2.75) is 90.1 Å². The molecular formula is C16H32. The van der Waals surface area contributed by atoms with Gasteiger partial charge in [-0.05, 0) is 12.7 Å². The molecule has 0 heterocycles. The maximum atomic E-state index is 8.08. The van der Waals surface area contributed by atoms with Crippen LogP contribution in [-0.4, -0.2) is 0 Å².